The van der Waals surface area contributed by atoms with Crippen molar-refractivity contribution in [2.75, 3.05) is 36.5 Å². The van der Waals surface area contributed by atoms with E-state index in [0.29, 0.717) is 59.7 Å². The van der Waals surface area contributed by atoms with Gasteiger partial charge in [-0.05, 0) is 55.3 Å². The van der Waals surface area contributed by atoms with Crippen LogP contribution in [0.5, 0.6) is 0 Å². The summed E-state index contributed by atoms with van der Waals surface area (Å²) in [6.45, 7) is 6.14. The average molecular weight is 507 g/mol. The second kappa shape index (κ2) is 9.60. The standard InChI is InChI=1S/C26H23ClN4O5/c1-15-11-16(2)24-22(12-15)29-26(36-24)19-13-17(3-5-21(19)27)28-25(32)20-14-18(31(33)34)4-6-23(20)30-7-9-35-10-8-30/h3-6,11-14H,7-10H2,1-2H3,(H,28,32). The van der Waals surface area contributed by atoms with E-state index in [2.05, 4.69) is 10.3 Å². The molecule has 184 valence electrons. The van der Waals surface area contributed by atoms with Gasteiger partial charge in [-0.3, -0.25) is 14.9 Å². The number of nitrogens with zero attached hydrogens (tertiary/aromatic N) is 3. The van der Waals surface area contributed by atoms with Gasteiger partial charge in [0, 0.05) is 30.9 Å². The third-order valence-corrected chi connectivity index (χ3v) is 6.39. The number of aromatic nitrogens is 1. The van der Waals surface area contributed by atoms with Crippen LogP contribution in [0.2, 0.25) is 5.02 Å². The maximum atomic E-state index is 13.3. The predicted octanol–water partition coefficient (Wildman–Crippen LogP) is 5.76. The van der Waals surface area contributed by atoms with Gasteiger partial charge in [0.15, 0.2) is 5.58 Å². The van der Waals surface area contributed by atoms with Crippen molar-refractivity contribution in [3.05, 3.63) is 80.4 Å². The van der Waals surface area contributed by atoms with Gasteiger partial charge in [-0.2, -0.15) is 0 Å². The number of carbonyl (C=O) groups is 1. The number of halogens is 1. The number of nitro groups is 1. The molecule has 1 fully saturated rings. The number of hydrogen-bond donors (Lipinski definition) is 1. The number of nitro benzene ring substituents is 1. The smallest absolute Gasteiger partial charge is 0.270 e. The molecule has 0 aliphatic carbocycles. The minimum absolute atomic E-state index is 0.161. The van der Waals surface area contributed by atoms with Crippen molar-refractivity contribution in [3.63, 3.8) is 0 Å². The zero-order chi connectivity index (χ0) is 25.4. The number of nitrogens with one attached hydrogen (secondary N) is 1. The molecule has 4 aromatic rings. The number of oxazole rings is 1. The van der Waals surface area contributed by atoms with Gasteiger partial charge in [0.05, 0.1) is 40.0 Å². The van der Waals surface area contributed by atoms with Crippen LogP contribution in [0.4, 0.5) is 17.1 Å². The Morgan fingerprint density at radius 1 is 1.11 bits per heavy atom. The van der Waals surface area contributed by atoms with E-state index >= 15 is 0 Å². The highest BCUT2D eigenvalue weighted by atomic mass is 35.5. The van der Waals surface area contributed by atoms with E-state index in [9.17, 15) is 14.9 Å². The van der Waals surface area contributed by atoms with Crippen LogP contribution >= 0.6 is 11.6 Å². The Morgan fingerprint density at radius 3 is 2.64 bits per heavy atom. The largest absolute Gasteiger partial charge is 0.436 e. The number of aryl methyl sites for hydroxylation is 2. The molecule has 1 aliphatic heterocycles. The molecule has 1 aromatic heterocycles. The lowest BCUT2D eigenvalue weighted by atomic mass is 10.1. The number of fused-ring (bicyclic) bond motifs is 1. The second-order valence-electron chi connectivity index (χ2n) is 8.66. The van der Waals surface area contributed by atoms with Crippen LogP contribution in [0.15, 0.2) is 52.9 Å². The van der Waals surface area contributed by atoms with E-state index in [4.69, 9.17) is 20.8 Å². The summed E-state index contributed by atoms with van der Waals surface area (Å²) in [5.74, 6) is -0.137. The third-order valence-electron chi connectivity index (χ3n) is 6.06. The quantitative estimate of drug-likeness (QED) is 0.270. The fourth-order valence-corrected chi connectivity index (χ4v) is 4.56. The van der Waals surface area contributed by atoms with Gasteiger partial charge in [0.2, 0.25) is 5.89 Å². The van der Waals surface area contributed by atoms with E-state index in [1.165, 1.54) is 12.1 Å². The third kappa shape index (κ3) is 4.62. The summed E-state index contributed by atoms with van der Waals surface area (Å²) in [6, 6.07) is 13.2. The van der Waals surface area contributed by atoms with Crippen LogP contribution < -0.4 is 10.2 Å². The minimum atomic E-state index is -0.517. The molecule has 1 N–H and O–H groups in total. The topological polar surface area (TPSA) is 111 Å². The van der Waals surface area contributed by atoms with Gasteiger partial charge in [-0.15, -0.1) is 0 Å². The van der Waals surface area contributed by atoms with E-state index in [0.717, 1.165) is 16.6 Å². The van der Waals surface area contributed by atoms with Crippen LogP contribution in [-0.2, 0) is 4.74 Å². The maximum absolute atomic E-state index is 13.3. The molecular formula is C26H23ClN4O5. The molecule has 0 saturated carbocycles. The highest BCUT2D eigenvalue weighted by molar-refractivity contribution is 6.33. The molecule has 1 aliphatic rings. The Hall–Kier alpha value is -3.95. The number of anilines is 2. The van der Waals surface area contributed by atoms with Gasteiger partial charge < -0.3 is 19.4 Å². The SMILES string of the molecule is Cc1cc(C)c2oc(-c3cc(NC(=O)c4cc([N+](=O)[O-])ccc4N4CCOCC4)ccc3Cl)nc2c1. The van der Waals surface area contributed by atoms with Crippen molar-refractivity contribution in [2.45, 2.75) is 13.8 Å². The lowest BCUT2D eigenvalue weighted by Gasteiger charge is -2.30. The van der Waals surface area contributed by atoms with Gasteiger partial charge in [0.25, 0.3) is 11.6 Å². The molecule has 3 aromatic carbocycles. The summed E-state index contributed by atoms with van der Waals surface area (Å²) in [5.41, 5.74) is 5.06. The van der Waals surface area contributed by atoms with E-state index in [1.807, 2.05) is 30.9 Å². The summed E-state index contributed by atoms with van der Waals surface area (Å²) in [5, 5.41) is 14.7. The van der Waals surface area contributed by atoms with Crippen LogP contribution in [-0.4, -0.2) is 42.1 Å². The van der Waals surface area contributed by atoms with Crippen LogP contribution in [0.3, 0.4) is 0 Å². The normalized spacial score (nSPS) is 13.7. The molecular weight excluding hydrogens is 484 g/mol. The zero-order valence-corrected chi connectivity index (χ0v) is 20.5. The Bertz CT molecular complexity index is 1490. The molecule has 9 nitrogen and oxygen atoms in total. The summed E-state index contributed by atoms with van der Waals surface area (Å²) < 4.78 is 11.4. The summed E-state index contributed by atoms with van der Waals surface area (Å²) in [4.78, 5) is 30.8. The fourth-order valence-electron chi connectivity index (χ4n) is 4.36. The maximum Gasteiger partial charge on any atom is 0.270 e. The number of carbonyl (C=O) groups excluding carboxylic acids is 1. The Labute approximate surface area is 211 Å². The van der Waals surface area contributed by atoms with E-state index in [1.54, 1.807) is 24.3 Å². The first-order valence-corrected chi connectivity index (χ1v) is 11.8. The first-order valence-electron chi connectivity index (χ1n) is 11.4. The van der Waals surface area contributed by atoms with Crippen molar-refractivity contribution in [1.29, 1.82) is 0 Å². The van der Waals surface area contributed by atoms with Crippen molar-refractivity contribution >= 4 is 45.7 Å². The lowest BCUT2D eigenvalue weighted by molar-refractivity contribution is -0.384. The molecule has 1 amide bonds. The minimum Gasteiger partial charge on any atom is -0.436 e. The molecule has 0 radical (unpaired) electrons. The Balaban J connectivity index is 1.49. The van der Waals surface area contributed by atoms with Crippen molar-refractivity contribution in [1.82, 2.24) is 4.98 Å². The first-order chi connectivity index (χ1) is 17.3. The highest BCUT2D eigenvalue weighted by Crippen LogP contribution is 2.34. The second-order valence-corrected chi connectivity index (χ2v) is 9.06. The molecule has 0 unspecified atom stereocenters. The molecule has 10 heteroatoms. The molecule has 36 heavy (non-hydrogen) atoms. The average Bonchev–Trinajstić information content (AvgIpc) is 3.29. The van der Waals surface area contributed by atoms with Gasteiger partial charge >= 0.3 is 0 Å². The summed E-state index contributed by atoms with van der Waals surface area (Å²) >= 11 is 6.46. The lowest BCUT2D eigenvalue weighted by Crippen LogP contribution is -2.37. The number of benzene rings is 3. The van der Waals surface area contributed by atoms with Gasteiger partial charge in [-0.25, -0.2) is 4.98 Å². The van der Waals surface area contributed by atoms with Crippen molar-refractivity contribution < 1.29 is 18.9 Å². The molecule has 0 spiro atoms. The van der Waals surface area contributed by atoms with Crippen molar-refractivity contribution in [2.24, 2.45) is 0 Å². The number of morpholine rings is 1. The monoisotopic (exact) mass is 506 g/mol. The molecule has 1 saturated heterocycles. The molecule has 5 rings (SSSR count). The van der Waals surface area contributed by atoms with E-state index < -0.39 is 10.8 Å². The first kappa shape index (κ1) is 23.8. The number of hydrogen-bond acceptors (Lipinski definition) is 7. The number of ether oxygens (including phenoxy) is 1. The highest BCUT2D eigenvalue weighted by Gasteiger charge is 2.23. The fraction of sp³-hybridized carbons (Fsp3) is 0.231. The van der Waals surface area contributed by atoms with Crippen LogP contribution in [0.1, 0.15) is 21.5 Å². The number of amides is 1. The molecule has 0 atom stereocenters. The Kier molecular flexibility index (Phi) is 6.34. The van der Waals surface area contributed by atoms with Crippen LogP contribution in [0, 0.1) is 24.0 Å². The zero-order valence-electron chi connectivity index (χ0n) is 19.7. The van der Waals surface area contributed by atoms with E-state index in [-0.39, 0.29) is 11.3 Å². The van der Waals surface area contributed by atoms with Crippen LogP contribution in [0.25, 0.3) is 22.6 Å². The van der Waals surface area contributed by atoms with Crippen molar-refractivity contribution in [3.8, 4) is 11.5 Å². The molecule has 2 heterocycles. The summed E-state index contributed by atoms with van der Waals surface area (Å²) in [6.07, 6.45) is 0. The number of rotatable bonds is 5. The Morgan fingerprint density at radius 2 is 1.89 bits per heavy atom. The van der Waals surface area contributed by atoms with Gasteiger partial charge in [-0.1, -0.05) is 17.7 Å². The van der Waals surface area contributed by atoms with Gasteiger partial charge in [0.1, 0.15) is 5.52 Å². The number of non-ortho nitro benzene ring substituents is 1. The molecule has 0 bridgehead atoms. The predicted molar refractivity (Wildman–Crippen MR) is 138 cm³/mol. The summed E-state index contributed by atoms with van der Waals surface area (Å²) in [7, 11) is 0.